The monoisotopic (exact) mass is 519 g/mol. The fourth-order valence-corrected chi connectivity index (χ4v) is 4.11. The summed E-state index contributed by atoms with van der Waals surface area (Å²) in [5.74, 6) is 0.778. The lowest BCUT2D eigenvalue weighted by Crippen LogP contribution is -2.08. The molecule has 4 aromatic rings. The lowest BCUT2D eigenvalue weighted by molar-refractivity contribution is 0.311. The summed E-state index contributed by atoms with van der Waals surface area (Å²) in [6, 6.07) is 12.3. The van der Waals surface area contributed by atoms with Gasteiger partial charge in [-0.2, -0.15) is 0 Å². The Morgan fingerprint density at radius 3 is 2.55 bits per heavy atom. The number of aliphatic hydroxyl groups excluding tert-OH is 1. The second kappa shape index (κ2) is 9.23. The Kier molecular flexibility index (Phi) is 6.43. The molecule has 2 heterocycles. The molecule has 0 unspecified atom stereocenters. The molecule has 0 atom stereocenters. The summed E-state index contributed by atoms with van der Waals surface area (Å²) < 4.78 is 0.897. The molecule has 158 valence electrons. The first-order valence-electron chi connectivity index (χ1n) is 9.18. The van der Waals surface area contributed by atoms with Crippen LogP contribution >= 0.6 is 39.1 Å². The van der Waals surface area contributed by atoms with Crippen molar-refractivity contribution >= 4 is 45.1 Å². The summed E-state index contributed by atoms with van der Waals surface area (Å²) in [7, 11) is 0. The molecular formula is C21H16BrCl2N5O2. The van der Waals surface area contributed by atoms with Gasteiger partial charge in [-0.3, -0.25) is 0 Å². The van der Waals surface area contributed by atoms with E-state index in [2.05, 4.69) is 36.2 Å². The summed E-state index contributed by atoms with van der Waals surface area (Å²) in [6.45, 7) is 0.290. The van der Waals surface area contributed by atoms with Crippen LogP contribution < -0.4 is 5.32 Å². The first-order chi connectivity index (χ1) is 15.0. The highest BCUT2D eigenvalue weighted by Gasteiger charge is 2.20. The first kappa shape index (κ1) is 21.6. The van der Waals surface area contributed by atoms with Gasteiger partial charge in [0.15, 0.2) is 0 Å². The smallest absolute Gasteiger partial charge is 0.223 e. The lowest BCUT2D eigenvalue weighted by Gasteiger charge is -2.06. The number of halogens is 3. The van der Waals surface area contributed by atoms with E-state index in [9.17, 15) is 5.11 Å². The third-order valence-electron chi connectivity index (χ3n) is 4.37. The summed E-state index contributed by atoms with van der Waals surface area (Å²) >= 11 is 16.2. The second-order valence-corrected chi connectivity index (χ2v) is 8.25. The van der Waals surface area contributed by atoms with Crippen molar-refractivity contribution in [1.82, 2.24) is 19.9 Å². The van der Waals surface area contributed by atoms with Crippen LogP contribution in [0.15, 0.2) is 53.1 Å². The predicted octanol–water partition coefficient (Wildman–Crippen LogP) is 5.38. The highest BCUT2D eigenvalue weighted by molar-refractivity contribution is 9.10. The van der Waals surface area contributed by atoms with Crippen LogP contribution in [0.5, 0.6) is 5.75 Å². The minimum absolute atomic E-state index is 0.0341. The molecule has 0 radical (unpaired) electrons. The molecule has 10 heteroatoms. The zero-order chi connectivity index (χ0) is 22.0. The highest BCUT2D eigenvalue weighted by Crippen LogP contribution is 2.40. The predicted molar refractivity (Wildman–Crippen MR) is 125 cm³/mol. The lowest BCUT2D eigenvalue weighted by atomic mass is 10.1. The van der Waals surface area contributed by atoms with E-state index in [4.69, 9.17) is 33.3 Å². The standard InChI is InChI=1S/C21H16BrCl2N5O2/c22-12-3-1-2-11(8-12)18-19(16-4-5-25-21(27-16)26-6-7-30)29-20(28-18)17-14(23)9-13(31)10-15(17)24/h1-5,8-10,30-31H,6-7H2,(H,28,29)(H,25,26,27). The van der Waals surface area contributed by atoms with E-state index in [1.807, 2.05) is 24.3 Å². The number of benzene rings is 2. The number of aromatic amines is 1. The molecule has 0 saturated carbocycles. The Bertz CT molecular complexity index is 1230. The number of anilines is 1. The number of nitrogens with one attached hydrogen (secondary N) is 2. The first-order valence-corrected chi connectivity index (χ1v) is 10.7. The fourth-order valence-electron chi connectivity index (χ4n) is 3.06. The number of hydrogen-bond donors (Lipinski definition) is 4. The van der Waals surface area contributed by atoms with Gasteiger partial charge in [-0.1, -0.05) is 51.3 Å². The molecule has 0 fully saturated rings. The fraction of sp³-hybridized carbons (Fsp3) is 0.0952. The van der Waals surface area contributed by atoms with Gasteiger partial charge in [0, 0.05) is 22.8 Å². The molecule has 0 amide bonds. The quantitative estimate of drug-likeness (QED) is 0.272. The number of phenols is 1. The van der Waals surface area contributed by atoms with Crippen LogP contribution in [0.3, 0.4) is 0 Å². The molecule has 2 aromatic heterocycles. The van der Waals surface area contributed by atoms with Crippen LogP contribution in [0.1, 0.15) is 0 Å². The Labute approximate surface area is 196 Å². The molecule has 4 N–H and O–H groups in total. The number of imidazole rings is 1. The number of aromatic nitrogens is 4. The zero-order valence-corrected chi connectivity index (χ0v) is 19.0. The third-order valence-corrected chi connectivity index (χ3v) is 5.46. The Morgan fingerprint density at radius 1 is 1.06 bits per heavy atom. The van der Waals surface area contributed by atoms with Gasteiger partial charge in [0.05, 0.1) is 39.3 Å². The molecule has 0 bridgehead atoms. The molecule has 4 rings (SSSR count). The van der Waals surface area contributed by atoms with Crippen molar-refractivity contribution in [3.8, 4) is 39.8 Å². The van der Waals surface area contributed by atoms with Crippen LogP contribution in [-0.2, 0) is 0 Å². The Morgan fingerprint density at radius 2 is 1.84 bits per heavy atom. The van der Waals surface area contributed by atoms with E-state index in [0.717, 1.165) is 10.0 Å². The number of aliphatic hydroxyl groups is 1. The van der Waals surface area contributed by atoms with Crippen molar-refractivity contribution in [3.05, 3.63) is 63.2 Å². The van der Waals surface area contributed by atoms with E-state index in [-0.39, 0.29) is 22.4 Å². The molecular weight excluding hydrogens is 505 g/mol. The van der Waals surface area contributed by atoms with Gasteiger partial charge >= 0.3 is 0 Å². The maximum atomic E-state index is 9.77. The van der Waals surface area contributed by atoms with Crippen molar-refractivity contribution in [2.75, 3.05) is 18.5 Å². The molecule has 0 saturated heterocycles. The molecule has 0 aliphatic carbocycles. The number of aromatic hydroxyl groups is 1. The molecule has 2 aromatic carbocycles. The van der Waals surface area contributed by atoms with Crippen molar-refractivity contribution in [1.29, 1.82) is 0 Å². The average Bonchev–Trinajstić information content (AvgIpc) is 3.17. The highest BCUT2D eigenvalue weighted by atomic mass is 79.9. The van der Waals surface area contributed by atoms with E-state index in [1.165, 1.54) is 12.1 Å². The molecule has 7 nitrogen and oxygen atoms in total. The SMILES string of the molecule is OCCNc1nccc(-c2[nH]c(-c3c(Cl)cc(O)cc3Cl)nc2-c2cccc(Br)c2)n1. The van der Waals surface area contributed by atoms with Gasteiger partial charge in [-0.05, 0) is 30.3 Å². The second-order valence-electron chi connectivity index (χ2n) is 6.52. The minimum atomic E-state index is -0.0388. The van der Waals surface area contributed by atoms with Crippen LogP contribution in [0.4, 0.5) is 5.95 Å². The van der Waals surface area contributed by atoms with Crippen molar-refractivity contribution in [3.63, 3.8) is 0 Å². The van der Waals surface area contributed by atoms with Crippen LogP contribution in [0.25, 0.3) is 34.0 Å². The van der Waals surface area contributed by atoms with Gasteiger partial charge in [-0.15, -0.1) is 0 Å². The van der Waals surface area contributed by atoms with E-state index < -0.39 is 0 Å². The van der Waals surface area contributed by atoms with E-state index in [1.54, 1.807) is 12.3 Å². The molecule has 0 aliphatic rings. The number of nitrogens with zero attached hydrogens (tertiary/aromatic N) is 3. The molecule has 31 heavy (non-hydrogen) atoms. The van der Waals surface area contributed by atoms with E-state index in [0.29, 0.717) is 41.0 Å². The summed E-state index contributed by atoms with van der Waals surface area (Å²) in [5, 5.41) is 22.3. The van der Waals surface area contributed by atoms with Gasteiger partial charge in [-0.25, -0.2) is 15.0 Å². The molecule has 0 aliphatic heterocycles. The Balaban J connectivity index is 1.90. The number of phenolic OH excluding ortho intramolecular Hbond substituents is 1. The van der Waals surface area contributed by atoms with E-state index >= 15 is 0 Å². The van der Waals surface area contributed by atoms with Gasteiger partial charge in [0.25, 0.3) is 0 Å². The zero-order valence-electron chi connectivity index (χ0n) is 15.9. The topological polar surface area (TPSA) is 107 Å². The largest absolute Gasteiger partial charge is 0.508 e. The number of hydrogen-bond acceptors (Lipinski definition) is 6. The summed E-state index contributed by atoms with van der Waals surface area (Å²) in [5.41, 5.74) is 3.19. The summed E-state index contributed by atoms with van der Waals surface area (Å²) in [6.07, 6.45) is 1.62. The van der Waals surface area contributed by atoms with Crippen LogP contribution in [0, 0.1) is 0 Å². The maximum Gasteiger partial charge on any atom is 0.223 e. The minimum Gasteiger partial charge on any atom is -0.508 e. The van der Waals surface area contributed by atoms with Crippen LogP contribution in [0.2, 0.25) is 10.0 Å². The van der Waals surface area contributed by atoms with Gasteiger partial charge < -0.3 is 20.5 Å². The van der Waals surface area contributed by atoms with Gasteiger partial charge in [0.1, 0.15) is 11.6 Å². The van der Waals surface area contributed by atoms with Crippen LogP contribution in [-0.4, -0.2) is 43.3 Å². The Hall–Kier alpha value is -2.65. The third kappa shape index (κ3) is 4.67. The van der Waals surface area contributed by atoms with Crippen molar-refractivity contribution < 1.29 is 10.2 Å². The van der Waals surface area contributed by atoms with Crippen molar-refractivity contribution in [2.24, 2.45) is 0 Å². The normalized spacial score (nSPS) is 11.0. The number of H-pyrrole nitrogens is 1. The van der Waals surface area contributed by atoms with Gasteiger partial charge in [0.2, 0.25) is 5.95 Å². The maximum absolute atomic E-state index is 9.77. The number of rotatable bonds is 6. The van der Waals surface area contributed by atoms with Crippen molar-refractivity contribution in [2.45, 2.75) is 0 Å². The summed E-state index contributed by atoms with van der Waals surface area (Å²) in [4.78, 5) is 16.7. The average molecular weight is 521 g/mol. The molecule has 0 spiro atoms.